The molecule has 6 rings (SSSR count). The number of likely N-dealkylation sites (N-methyl/N-ethyl adjacent to an activating group) is 1. The van der Waals surface area contributed by atoms with E-state index in [1.54, 1.807) is 12.5 Å². The maximum atomic E-state index is 13.6. The van der Waals surface area contributed by atoms with E-state index < -0.39 is 0 Å². The first-order valence-corrected chi connectivity index (χ1v) is 17.6. The number of hydrogen-bond acceptors (Lipinski definition) is 5. The van der Waals surface area contributed by atoms with Crippen LogP contribution < -0.4 is 4.90 Å². The average molecular weight is 687 g/mol. The third-order valence-corrected chi connectivity index (χ3v) is 10.2. The van der Waals surface area contributed by atoms with Crippen molar-refractivity contribution in [3.8, 4) is 0 Å². The van der Waals surface area contributed by atoms with Gasteiger partial charge >= 0.3 is 0 Å². The van der Waals surface area contributed by atoms with Crippen LogP contribution in [0.5, 0.6) is 0 Å². The number of fused-ring (bicyclic) bond motifs is 1. The number of halogens is 2. The lowest BCUT2D eigenvalue weighted by Crippen LogP contribution is -2.35. The van der Waals surface area contributed by atoms with Crippen molar-refractivity contribution in [2.45, 2.75) is 51.5 Å². The summed E-state index contributed by atoms with van der Waals surface area (Å²) in [6, 6.07) is 24.2. The number of amides is 1. The van der Waals surface area contributed by atoms with Gasteiger partial charge in [0.1, 0.15) is 0 Å². The first kappa shape index (κ1) is 34.1. The first-order chi connectivity index (χ1) is 23.1. The lowest BCUT2D eigenvalue weighted by Gasteiger charge is -2.28. The molecule has 1 fully saturated rings. The van der Waals surface area contributed by atoms with E-state index >= 15 is 0 Å². The minimum atomic E-state index is 0.0178. The smallest absolute Gasteiger partial charge is 0.253 e. The maximum Gasteiger partial charge on any atom is 0.253 e. The van der Waals surface area contributed by atoms with Crippen LogP contribution in [0.15, 0.2) is 89.7 Å². The Kier molecular flexibility index (Phi) is 10.5. The van der Waals surface area contributed by atoms with E-state index in [4.69, 9.17) is 32.6 Å². The van der Waals surface area contributed by atoms with Crippen LogP contribution in [-0.4, -0.2) is 71.6 Å². The SMILES string of the molecule is CN(CC(CCN1CCCN(c2nc3ccccc3n2Cc2ccoc2)CC1)c1ccc(Cl)c(Cl)c1)C(=O)c1ccc(C(C)(C)C)cc1. The van der Waals surface area contributed by atoms with Crippen molar-refractivity contribution in [1.29, 1.82) is 0 Å². The Labute approximate surface area is 294 Å². The van der Waals surface area contributed by atoms with Crippen molar-refractivity contribution in [1.82, 2.24) is 19.4 Å². The third kappa shape index (κ3) is 7.91. The molecule has 9 heteroatoms. The molecule has 1 saturated heterocycles. The van der Waals surface area contributed by atoms with Crippen LogP contribution in [0.3, 0.4) is 0 Å². The molecular weight excluding hydrogens is 641 g/mol. The van der Waals surface area contributed by atoms with Crippen molar-refractivity contribution in [3.05, 3.63) is 118 Å². The minimum Gasteiger partial charge on any atom is -0.472 e. The summed E-state index contributed by atoms with van der Waals surface area (Å²) in [4.78, 5) is 25.4. The van der Waals surface area contributed by atoms with Crippen molar-refractivity contribution in [2.75, 3.05) is 51.2 Å². The summed E-state index contributed by atoms with van der Waals surface area (Å²) in [6.07, 6.45) is 5.45. The predicted molar refractivity (Wildman–Crippen MR) is 197 cm³/mol. The second kappa shape index (κ2) is 14.8. The van der Waals surface area contributed by atoms with E-state index in [2.05, 4.69) is 65.5 Å². The number of benzene rings is 3. The van der Waals surface area contributed by atoms with Gasteiger partial charge in [-0.05, 0) is 84.9 Å². The third-order valence-electron chi connectivity index (χ3n) is 9.47. The highest BCUT2D eigenvalue weighted by Crippen LogP contribution is 2.30. The lowest BCUT2D eigenvalue weighted by atomic mass is 9.86. The van der Waals surface area contributed by atoms with Gasteiger partial charge in [-0.2, -0.15) is 0 Å². The van der Waals surface area contributed by atoms with Crippen molar-refractivity contribution in [2.24, 2.45) is 0 Å². The molecular formula is C39H45Cl2N5O2. The molecule has 0 bridgehead atoms. The van der Waals surface area contributed by atoms with Crippen LogP contribution in [0.4, 0.5) is 5.95 Å². The fourth-order valence-corrected chi connectivity index (χ4v) is 6.94. The highest BCUT2D eigenvalue weighted by molar-refractivity contribution is 6.42. The summed E-state index contributed by atoms with van der Waals surface area (Å²) in [5, 5.41) is 1.07. The Hall–Kier alpha value is -3.78. The summed E-state index contributed by atoms with van der Waals surface area (Å²) < 4.78 is 7.68. The van der Waals surface area contributed by atoms with E-state index in [1.807, 2.05) is 54.4 Å². The highest BCUT2D eigenvalue weighted by atomic mass is 35.5. The molecule has 1 amide bonds. The number of hydrogen-bond donors (Lipinski definition) is 0. The van der Waals surface area contributed by atoms with Crippen molar-refractivity contribution in [3.63, 3.8) is 0 Å². The van der Waals surface area contributed by atoms with Crippen molar-refractivity contribution >= 4 is 46.1 Å². The van der Waals surface area contributed by atoms with Gasteiger partial charge < -0.3 is 23.7 Å². The van der Waals surface area contributed by atoms with Crippen LogP contribution in [0.2, 0.25) is 10.0 Å². The molecule has 48 heavy (non-hydrogen) atoms. The Morgan fingerprint density at radius 2 is 1.75 bits per heavy atom. The van der Waals surface area contributed by atoms with Crippen molar-refractivity contribution < 1.29 is 9.21 Å². The van der Waals surface area contributed by atoms with E-state index in [9.17, 15) is 4.79 Å². The van der Waals surface area contributed by atoms with Gasteiger partial charge in [-0.15, -0.1) is 0 Å². The van der Waals surface area contributed by atoms with Gasteiger partial charge in [-0.25, -0.2) is 4.98 Å². The highest BCUT2D eigenvalue weighted by Gasteiger charge is 2.24. The molecule has 252 valence electrons. The zero-order valence-electron chi connectivity index (χ0n) is 28.3. The molecule has 0 radical (unpaired) electrons. The number of furan rings is 1. The average Bonchev–Trinajstić information content (AvgIpc) is 3.65. The minimum absolute atomic E-state index is 0.0178. The molecule has 3 aromatic carbocycles. The van der Waals surface area contributed by atoms with Gasteiger partial charge in [0.2, 0.25) is 5.95 Å². The number of anilines is 1. The maximum absolute atomic E-state index is 13.6. The van der Waals surface area contributed by atoms with E-state index in [0.29, 0.717) is 28.7 Å². The van der Waals surface area contributed by atoms with Gasteiger partial charge in [-0.3, -0.25) is 4.79 Å². The number of aromatic nitrogens is 2. The summed E-state index contributed by atoms with van der Waals surface area (Å²) in [5.74, 6) is 1.12. The molecule has 1 unspecified atom stereocenters. The summed E-state index contributed by atoms with van der Waals surface area (Å²) in [7, 11) is 1.89. The topological polar surface area (TPSA) is 57.8 Å². The van der Waals surface area contributed by atoms with Crippen LogP contribution >= 0.6 is 23.2 Å². The Morgan fingerprint density at radius 1 is 0.958 bits per heavy atom. The van der Waals surface area contributed by atoms with E-state index in [-0.39, 0.29) is 17.2 Å². The van der Waals surface area contributed by atoms with Gasteiger partial charge in [0, 0.05) is 50.3 Å². The first-order valence-electron chi connectivity index (χ1n) is 16.8. The zero-order chi connectivity index (χ0) is 33.8. The number of imidazole rings is 1. The largest absolute Gasteiger partial charge is 0.472 e. The fourth-order valence-electron chi connectivity index (χ4n) is 6.63. The van der Waals surface area contributed by atoms with E-state index in [0.717, 1.165) is 73.7 Å². The van der Waals surface area contributed by atoms with Crippen LogP contribution in [0.25, 0.3) is 11.0 Å². The summed E-state index contributed by atoms with van der Waals surface area (Å²) in [6.45, 7) is 12.5. The Morgan fingerprint density at radius 3 is 2.48 bits per heavy atom. The number of carbonyl (C=O) groups is 1. The van der Waals surface area contributed by atoms with Gasteiger partial charge in [0.05, 0.1) is 40.1 Å². The summed E-state index contributed by atoms with van der Waals surface area (Å²) >= 11 is 12.8. The molecule has 1 atom stereocenters. The molecule has 1 aliphatic heterocycles. The molecule has 0 saturated carbocycles. The van der Waals surface area contributed by atoms with Gasteiger partial charge in [0.25, 0.3) is 5.91 Å². The monoisotopic (exact) mass is 685 g/mol. The molecule has 3 heterocycles. The zero-order valence-corrected chi connectivity index (χ0v) is 29.8. The predicted octanol–water partition coefficient (Wildman–Crippen LogP) is 8.74. The molecule has 2 aromatic heterocycles. The molecule has 7 nitrogen and oxygen atoms in total. The quantitative estimate of drug-likeness (QED) is 0.147. The number of carbonyl (C=O) groups excluding carboxylic acids is 1. The molecule has 5 aromatic rings. The van der Waals surface area contributed by atoms with Crippen LogP contribution in [0, 0.1) is 0 Å². The fraction of sp³-hybridized carbons (Fsp3) is 0.385. The van der Waals surface area contributed by atoms with Crippen LogP contribution in [-0.2, 0) is 12.0 Å². The summed E-state index contributed by atoms with van der Waals surface area (Å²) in [5.41, 5.74) is 6.29. The standard InChI is InChI=1S/C39H45Cl2N5O2/c1-39(2,3)32-13-10-29(11-14-32)37(47)43(4)26-31(30-12-15-33(40)34(41)24-30)16-20-44-18-7-19-45(22-21-44)38-42-35-8-5-6-9-36(35)46(38)25-28-17-23-48-27-28/h5-6,8-15,17,23-24,27,31H,7,16,18-22,25-26H2,1-4H3. The van der Waals surface area contributed by atoms with E-state index in [1.165, 1.54) is 5.56 Å². The van der Waals surface area contributed by atoms with Crippen LogP contribution in [0.1, 0.15) is 66.6 Å². The molecule has 0 N–H and O–H groups in total. The van der Waals surface area contributed by atoms with Gasteiger partial charge in [0.15, 0.2) is 0 Å². The second-order valence-corrected chi connectivity index (χ2v) is 14.8. The molecule has 0 spiro atoms. The molecule has 1 aliphatic rings. The Balaban J connectivity index is 1.14. The van der Waals surface area contributed by atoms with Gasteiger partial charge in [-0.1, -0.05) is 74.3 Å². The normalized spacial score (nSPS) is 15.1. The number of nitrogens with zero attached hydrogens (tertiary/aromatic N) is 5. The number of para-hydroxylation sites is 2. The molecule has 0 aliphatic carbocycles. The Bertz CT molecular complexity index is 1830. The second-order valence-electron chi connectivity index (χ2n) is 14.0. The lowest BCUT2D eigenvalue weighted by molar-refractivity contribution is 0.0782. The number of rotatable bonds is 10.